The summed E-state index contributed by atoms with van der Waals surface area (Å²) in [5.41, 5.74) is 2.54. The molecule has 2 unspecified atom stereocenters. The second kappa shape index (κ2) is 6.74. The highest BCUT2D eigenvalue weighted by Gasteiger charge is 2.15. The first-order valence-electron chi connectivity index (χ1n) is 5.98. The summed E-state index contributed by atoms with van der Waals surface area (Å²) in [4.78, 5) is 2.14. The Morgan fingerprint density at radius 2 is 2.12 bits per heavy atom. The third-order valence-electron chi connectivity index (χ3n) is 3.04. The average Bonchev–Trinajstić information content (AvgIpc) is 2.28. The first kappa shape index (κ1) is 14.2. The number of hydrogen-bond donors (Lipinski definition) is 1. The molecule has 1 rings (SSSR count). The first-order chi connectivity index (χ1) is 8.04. The van der Waals surface area contributed by atoms with E-state index in [1.807, 2.05) is 7.05 Å². The fourth-order valence-corrected chi connectivity index (χ4v) is 1.92. The van der Waals surface area contributed by atoms with Gasteiger partial charge in [-0.1, -0.05) is 29.8 Å². The lowest BCUT2D eigenvalue weighted by Gasteiger charge is -2.27. The molecule has 0 aliphatic heterocycles. The van der Waals surface area contributed by atoms with Crippen molar-refractivity contribution in [2.24, 2.45) is 0 Å². The summed E-state index contributed by atoms with van der Waals surface area (Å²) in [6.07, 6.45) is -0.433. The number of aliphatic hydroxyl groups is 1. The summed E-state index contributed by atoms with van der Waals surface area (Å²) in [5, 5.41) is 9.70. The molecule has 1 aromatic carbocycles. The highest BCUT2D eigenvalue weighted by molar-refractivity contribution is 5.24. The molecule has 2 atom stereocenters. The van der Waals surface area contributed by atoms with E-state index in [9.17, 15) is 5.11 Å². The third kappa shape index (κ3) is 4.46. The van der Waals surface area contributed by atoms with Crippen LogP contribution in [0.5, 0.6) is 0 Å². The van der Waals surface area contributed by atoms with Crippen LogP contribution in [0.4, 0.5) is 0 Å². The number of benzene rings is 1. The van der Waals surface area contributed by atoms with E-state index in [0.717, 1.165) is 0 Å². The standard InChI is InChI=1S/C14H23NO2/c1-11-6-5-7-13(8-11)12(2)15(3)9-14(16)10-17-4/h5-8,12,14,16H,9-10H2,1-4H3. The van der Waals surface area contributed by atoms with E-state index in [2.05, 4.69) is 43.0 Å². The number of rotatable bonds is 6. The van der Waals surface area contributed by atoms with Crippen molar-refractivity contribution in [1.29, 1.82) is 0 Å². The van der Waals surface area contributed by atoms with E-state index in [1.54, 1.807) is 7.11 Å². The lowest BCUT2D eigenvalue weighted by atomic mass is 10.0. The quantitative estimate of drug-likeness (QED) is 0.821. The Balaban J connectivity index is 2.60. The van der Waals surface area contributed by atoms with Crippen LogP contribution in [0.2, 0.25) is 0 Å². The van der Waals surface area contributed by atoms with E-state index in [4.69, 9.17) is 4.74 Å². The van der Waals surface area contributed by atoms with Gasteiger partial charge in [-0.05, 0) is 26.5 Å². The van der Waals surface area contributed by atoms with Crippen molar-refractivity contribution in [1.82, 2.24) is 4.90 Å². The summed E-state index contributed by atoms with van der Waals surface area (Å²) < 4.78 is 4.93. The fourth-order valence-electron chi connectivity index (χ4n) is 1.92. The molecule has 1 N–H and O–H groups in total. The van der Waals surface area contributed by atoms with E-state index in [0.29, 0.717) is 19.2 Å². The molecule has 17 heavy (non-hydrogen) atoms. The topological polar surface area (TPSA) is 32.7 Å². The summed E-state index contributed by atoms with van der Waals surface area (Å²) in [6, 6.07) is 8.76. The zero-order chi connectivity index (χ0) is 12.8. The van der Waals surface area contributed by atoms with Crippen molar-refractivity contribution in [3.05, 3.63) is 35.4 Å². The maximum absolute atomic E-state index is 9.70. The van der Waals surface area contributed by atoms with Gasteiger partial charge in [-0.25, -0.2) is 0 Å². The Kier molecular flexibility index (Phi) is 5.62. The maximum atomic E-state index is 9.70. The van der Waals surface area contributed by atoms with E-state index >= 15 is 0 Å². The van der Waals surface area contributed by atoms with Gasteiger partial charge in [0, 0.05) is 19.7 Å². The highest BCUT2D eigenvalue weighted by Crippen LogP contribution is 2.19. The molecular formula is C14H23NO2. The predicted molar refractivity (Wildman–Crippen MR) is 70.1 cm³/mol. The largest absolute Gasteiger partial charge is 0.389 e. The van der Waals surface area contributed by atoms with Crippen LogP contribution in [0.25, 0.3) is 0 Å². The molecule has 1 aromatic rings. The average molecular weight is 237 g/mol. The minimum Gasteiger partial charge on any atom is -0.389 e. The van der Waals surface area contributed by atoms with Crippen LogP contribution in [0, 0.1) is 6.92 Å². The lowest BCUT2D eigenvalue weighted by molar-refractivity contribution is 0.0357. The van der Waals surface area contributed by atoms with Crippen LogP contribution in [-0.2, 0) is 4.74 Å². The number of ether oxygens (including phenoxy) is 1. The molecule has 0 heterocycles. The second-order valence-electron chi connectivity index (χ2n) is 4.64. The number of likely N-dealkylation sites (N-methyl/N-ethyl adjacent to an activating group) is 1. The number of methoxy groups -OCH3 is 1. The molecule has 0 saturated carbocycles. The van der Waals surface area contributed by atoms with E-state index in [1.165, 1.54) is 11.1 Å². The Morgan fingerprint density at radius 1 is 1.41 bits per heavy atom. The minimum absolute atomic E-state index is 0.293. The molecule has 0 radical (unpaired) electrons. The molecule has 0 aliphatic carbocycles. The Bertz CT molecular complexity index is 341. The first-order valence-corrected chi connectivity index (χ1v) is 5.98. The maximum Gasteiger partial charge on any atom is 0.0900 e. The minimum atomic E-state index is -0.433. The Morgan fingerprint density at radius 3 is 2.71 bits per heavy atom. The second-order valence-corrected chi connectivity index (χ2v) is 4.64. The monoisotopic (exact) mass is 237 g/mol. The summed E-state index contributed by atoms with van der Waals surface area (Å²) in [7, 11) is 3.62. The number of aryl methyl sites for hydroxylation is 1. The number of aliphatic hydroxyl groups excluding tert-OH is 1. The lowest BCUT2D eigenvalue weighted by Crippen LogP contribution is -2.33. The molecule has 0 aromatic heterocycles. The van der Waals surface area contributed by atoms with Crippen molar-refractivity contribution in [3.63, 3.8) is 0 Å². The van der Waals surface area contributed by atoms with Gasteiger partial charge in [0.05, 0.1) is 12.7 Å². The van der Waals surface area contributed by atoms with Crippen LogP contribution in [0.15, 0.2) is 24.3 Å². The predicted octanol–water partition coefficient (Wildman–Crippen LogP) is 2.00. The van der Waals surface area contributed by atoms with Gasteiger partial charge in [-0.3, -0.25) is 4.90 Å². The zero-order valence-corrected chi connectivity index (χ0v) is 11.2. The van der Waals surface area contributed by atoms with Gasteiger partial charge in [0.2, 0.25) is 0 Å². The van der Waals surface area contributed by atoms with Crippen molar-refractivity contribution in [3.8, 4) is 0 Å². The van der Waals surface area contributed by atoms with Gasteiger partial charge in [-0.15, -0.1) is 0 Å². The third-order valence-corrected chi connectivity index (χ3v) is 3.04. The molecule has 0 spiro atoms. The number of hydrogen-bond acceptors (Lipinski definition) is 3. The molecule has 0 amide bonds. The fraction of sp³-hybridized carbons (Fsp3) is 0.571. The van der Waals surface area contributed by atoms with Gasteiger partial charge in [-0.2, -0.15) is 0 Å². The molecule has 0 aliphatic rings. The van der Waals surface area contributed by atoms with Crippen LogP contribution >= 0.6 is 0 Å². The Hall–Kier alpha value is -0.900. The van der Waals surface area contributed by atoms with Crippen molar-refractivity contribution in [2.75, 3.05) is 27.3 Å². The molecular weight excluding hydrogens is 214 g/mol. The van der Waals surface area contributed by atoms with Crippen molar-refractivity contribution >= 4 is 0 Å². The normalized spacial score (nSPS) is 14.9. The molecule has 0 bridgehead atoms. The van der Waals surface area contributed by atoms with E-state index < -0.39 is 6.10 Å². The van der Waals surface area contributed by atoms with Gasteiger partial charge < -0.3 is 9.84 Å². The molecule has 0 saturated heterocycles. The molecule has 96 valence electrons. The van der Waals surface area contributed by atoms with Crippen LogP contribution < -0.4 is 0 Å². The van der Waals surface area contributed by atoms with E-state index in [-0.39, 0.29) is 0 Å². The van der Waals surface area contributed by atoms with Gasteiger partial charge in [0.1, 0.15) is 0 Å². The SMILES string of the molecule is COCC(O)CN(C)C(C)c1cccc(C)c1. The zero-order valence-electron chi connectivity index (χ0n) is 11.2. The number of nitrogens with zero attached hydrogens (tertiary/aromatic N) is 1. The van der Waals surface area contributed by atoms with Gasteiger partial charge >= 0.3 is 0 Å². The van der Waals surface area contributed by atoms with Crippen LogP contribution in [0.1, 0.15) is 24.1 Å². The van der Waals surface area contributed by atoms with Crippen molar-refractivity contribution in [2.45, 2.75) is 26.0 Å². The Labute approximate surface area is 104 Å². The molecule has 0 fully saturated rings. The smallest absolute Gasteiger partial charge is 0.0900 e. The summed E-state index contributed by atoms with van der Waals surface area (Å²) >= 11 is 0. The summed E-state index contributed by atoms with van der Waals surface area (Å²) in [5.74, 6) is 0. The molecule has 3 heteroatoms. The summed E-state index contributed by atoms with van der Waals surface area (Å²) in [6.45, 7) is 5.23. The van der Waals surface area contributed by atoms with Crippen molar-refractivity contribution < 1.29 is 9.84 Å². The molecule has 3 nitrogen and oxygen atoms in total. The van der Waals surface area contributed by atoms with Gasteiger partial charge in [0.15, 0.2) is 0 Å². The van der Waals surface area contributed by atoms with Gasteiger partial charge in [0.25, 0.3) is 0 Å². The van der Waals surface area contributed by atoms with Crippen LogP contribution in [0.3, 0.4) is 0 Å². The van der Waals surface area contributed by atoms with Crippen LogP contribution in [-0.4, -0.2) is 43.4 Å². The highest BCUT2D eigenvalue weighted by atomic mass is 16.5.